The minimum atomic E-state index is -0.736. The van der Waals surface area contributed by atoms with Crippen LogP contribution in [-0.4, -0.2) is 59.5 Å². The van der Waals surface area contributed by atoms with Crippen molar-refractivity contribution in [1.29, 1.82) is 0 Å². The number of ether oxygens (including phenoxy) is 2. The number of hydrogen-bond acceptors (Lipinski definition) is 5. The third-order valence-corrected chi connectivity index (χ3v) is 6.24. The molecule has 3 rings (SSSR count). The summed E-state index contributed by atoms with van der Waals surface area (Å²) in [6.45, 7) is 8.28. The van der Waals surface area contributed by atoms with Crippen molar-refractivity contribution in [3.8, 4) is 11.5 Å². The molecule has 0 radical (unpaired) electrons. The average Bonchev–Trinajstić information content (AvgIpc) is 3.36. The highest BCUT2D eigenvalue weighted by molar-refractivity contribution is 6.07. The molecule has 1 saturated heterocycles. The van der Waals surface area contributed by atoms with Crippen LogP contribution in [0.4, 0.5) is 4.79 Å². The molecule has 0 bridgehead atoms. The summed E-state index contributed by atoms with van der Waals surface area (Å²) < 4.78 is 11.5. The number of imide groups is 1. The lowest BCUT2D eigenvalue weighted by atomic mass is 9.98. The normalized spacial score (nSPS) is 16.9. The van der Waals surface area contributed by atoms with E-state index in [2.05, 4.69) is 12.2 Å². The number of nitrogens with one attached hydrogen (secondary N) is 1. The van der Waals surface area contributed by atoms with E-state index >= 15 is 0 Å². The summed E-state index contributed by atoms with van der Waals surface area (Å²) in [5.41, 5.74) is 0.213. The summed E-state index contributed by atoms with van der Waals surface area (Å²) in [4.78, 5) is 41.3. The molecule has 1 aliphatic heterocycles. The number of rotatable bonds is 12. The highest BCUT2D eigenvalue weighted by Gasteiger charge is 2.52. The van der Waals surface area contributed by atoms with Gasteiger partial charge in [-0.25, -0.2) is 4.79 Å². The Kier molecular flexibility index (Phi) is 8.58. The van der Waals surface area contributed by atoms with E-state index in [1.54, 1.807) is 4.90 Å². The SMILES string of the molecule is CCCOc1ccc(CN(CCC)C(=O)CCN2C(=O)NC3(CCCC3)C2=O)cc1OCC. The number of nitrogens with zero attached hydrogens (tertiary/aromatic N) is 2. The van der Waals surface area contributed by atoms with Crippen molar-refractivity contribution < 1.29 is 23.9 Å². The molecule has 4 amide bonds. The van der Waals surface area contributed by atoms with Crippen molar-refractivity contribution in [3.63, 3.8) is 0 Å². The van der Waals surface area contributed by atoms with Crippen molar-refractivity contribution in [2.24, 2.45) is 0 Å². The molecule has 0 aromatic heterocycles. The molecular formula is C25H37N3O5. The first-order chi connectivity index (χ1) is 15.9. The Hall–Kier alpha value is -2.77. The molecule has 0 unspecified atom stereocenters. The van der Waals surface area contributed by atoms with Gasteiger partial charge in [-0.05, 0) is 50.3 Å². The van der Waals surface area contributed by atoms with Gasteiger partial charge in [0.2, 0.25) is 5.91 Å². The molecule has 2 fully saturated rings. The van der Waals surface area contributed by atoms with Gasteiger partial charge >= 0.3 is 6.03 Å². The van der Waals surface area contributed by atoms with Gasteiger partial charge in [0.1, 0.15) is 5.54 Å². The van der Waals surface area contributed by atoms with Crippen LogP contribution in [-0.2, 0) is 16.1 Å². The lowest BCUT2D eigenvalue weighted by molar-refractivity contribution is -0.134. The second kappa shape index (κ2) is 11.4. The second-order valence-electron chi connectivity index (χ2n) is 8.80. The summed E-state index contributed by atoms with van der Waals surface area (Å²) in [6, 6.07) is 5.38. The molecule has 1 saturated carbocycles. The zero-order valence-corrected chi connectivity index (χ0v) is 20.2. The Morgan fingerprint density at radius 2 is 1.85 bits per heavy atom. The maximum atomic E-state index is 13.0. The standard InChI is InChI=1S/C25H37N3O5/c1-4-14-27(18-19-9-10-20(33-16-5-2)21(17-19)32-6-3)22(29)11-15-28-23(30)25(26-24(28)31)12-7-8-13-25/h9-10,17H,4-8,11-16,18H2,1-3H3,(H,26,31). The fourth-order valence-electron chi connectivity index (χ4n) is 4.59. The molecule has 1 aliphatic carbocycles. The van der Waals surface area contributed by atoms with E-state index in [4.69, 9.17) is 9.47 Å². The van der Waals surface area contributed by atoms with Crippen LogP contribution >= 0.6 is 0 Å². The van der Waals surface area contributed by atoms with Gasteiger partial charge in [-0.15, -0.1) is 0 Å². The number of benzene rings is 1. The van der Waals surface area contributed by atoms with E-state index in [-0.39, 0.29) is 30.8 Å². The molecule has 182 valence electrons. The second-order valence-corrected chi connectivity index (χ2v) is 8.80. The quantitative estimate of drug-likeness (QED) is 0.480. The monoisotopic (exact) mass is 459 g/mol. The zero-order valence-electron chi connectivity index (χ0n) is 20.2. The topological polar surface area (TPSA) is 88.2 Å². The van der Waals surface area contributed by atoms with Crippen LogP contribution in [0.1, 0.15) is 71.3 Å². The number of carbonyl (C=O) groups excluding carboxylic acids is 3. The largest absolute Gasteiger partial charge is 0.490 e. The molecule has 1 aromatic rings. The number of carbonyl (C=O) groups is 3. The van der Waals surface area contributed by atoms with Gasteiger partial charge in [-0.2, -0.15) is 0 Å². The lowest BCUT2D eigenvalue weighted by Crippen LogP contribution is -2.44. The Labute approximate surface area is 196 Å². The van der Waals surface area contributed by atoms with Crippen LogP contribution in [0.5, 0.6) is 11.5 Å². The highest BCUT2D eigenvalue weighted by atomic mass is 16.5. The molecule has 1 spiro atoms. The van der Waals surface area contributed by atoms with Crippen molar-refractivity contribution in [2.45, 2.75) is 77.8 Å². The van der Waals surface area contributed by atoms with E-state index in [1.165, 1.54) is 4.90 Å². The van der Waals surface area contributed by atoms with E-state index < -0.39 is 5.54 Å². The van der Waals surface area contributed by atoms with Gasteiger partial charge in [-0.1, -0.05) is 32.8 Å². The minimum Gasteiger partial charge on any atom is -0.490 e. The van der Waals surface area contributed by atoms with Gasteiger partial charge in [0.15, 0.2) is 11.5 Å². The Bertz CT molecular complexity index is 850. The average molecular weight is 460 g/mol. The highest BCUT2D eigenvalue weighted by Crippen LogP contribution is 2.35. The van der Waals surface area contributed by atoms with Gasteiger partial charge in [0, 0.05) is 26.1 Å². The maximum absolute atomic E-state index is 13.0. The summed E-state index contributed by atoms with van der Waals surface area (Å²) in [5, 5.41) is 2.87. The van der Waals surface area contributed by atoms with Gasteiger partial charge in [0.05, 0.1) is 13.2 Å². The molecule has 2 aliphatic rings. The fourth-order valence-corrected chi connectivity index (χ4v) is 4.59. The molecule has 33 heavy (non-hydrogen) atoms. The molecule has 8 nitrogen and oxygen atoms in total. The van der Waals surface area contributed by atoms with Crippen LogP contribution in [0.2, 0.25) is 0 Å². The van der Waals surface area contributed by atoms with Crippen LogP contribution < -0.4 is 14.8 Å². The predicted octanol–water partition coefficient (Wildman–Crippen LogP) is 3.87. The Morgan fingerprint density at radius 1 is 1.09 bits per heavy atom. The predicted molar refractivity (Wildman–Crippen MR) is 125 cm³/mol. The summed E-state index contributed by atoms with van der Waals surface area (Å²) >= 11 is 0. The van der Waals surface area contributed by atoms with Gasteiger partial charge in [-0.3, -0.25) is 14.5 Å². The van der Waals surface area contributed by atoms with Crippen LogP contribution in [0, 0.1) is 0 Å². The first-order valence-electron chi connectivity index (χ1n) is 12.2. The van der Waals surface area contributed by atoms with Crippen LogP contribution in [0.3, 0.4) is 0 Å². The molecule has 1 N–H and O–H groups in total. The minimum absolute atomic E-state index is 0.0749. The third-order valence-electron chi connectivity index (χ3n) is 6.24. The summed E-state index contributed by atoms with van der Waals surface area (Å²) in [6.07, 6.45) is 5.09. The van der Waals surface area contributed by atoms with Crippen LogP contribution in [0.25, 0.3) is 0 Å². The number of urea groups is 1. The zero-order chi connectivity index (χ0) is 23.8. The van der Waals surface area contributed by atoms with E-state index in [0.717, 1.165) is 31.2 Å². The fraction of sp³-hybridized carbons (Fsp3) is 0.640. The van der Waals surface area contributed by atoms with Crippen molar-refractivity contribution in [3.05, 3.63) is 23.8 Å². The Morgan fingerprint density at radius 3 is 2.52 bits per heavy atom. The summed E-state index contributed by atoms with van der Waals surface area (Å²) in [7, 11) is 0. The lowest BCUT2D eigenvalue weighted by Gasteiger charge is -2.24. The summed E-state index contributed by atoms with van der Waals surface area (Å²) in [5.74, 6) is 1.13. The van der Waals surface area contributed by atoms with E-state index in [0.29, 0.717) is 50.6 Å². The van der Waals surface area contributed by atoms with Gasteiger partial charge < -0.3 is 19.7 Å². The number of hydrogen-bond donors (Lipinski definition) is 1. The van der Waals surface area contributed by atoms with E-state index in [9.17, 15) is 14.4 Å². The Balaban J connectivity index is 1.63. The first-order valence-corrected chi connectivity index (χ1v) is 12.2. The molecular weight excluding hydrogens is 422 g/mol. The molecule has 8 heteroatoms. The van der Waals surface area contributed by atoms with Crippen LogP contribution in [0.15, 0.2) is 18.2 Å². The van der Waals surface area contributed by atoms with Crippen molar-refractivity contribution in [2.75, 3.05) is 26.3 Å². The molecule has 1 heterocycles. The van der Waals surface area contributed by atoms with Gasteiger partial charge in [0.25, 0.3) is 5.91 Å². The van der Waals surface area contributed by atoms with Crippen molar-refractivity contribution in [1.82, 2.24) is 15.1 Å². The maximum Gasteiger partial charge on any atom is 0.325 e. The molecule has 1 aromatic carbocycles. The third kappa shape index (κ3) is 5.78. The number of amides is 4. The van der Waals surface area contributed by atoms with Crippen molar-refractivity contribution >= 4 is 17.8 Å². The van der Waals surface area contributed by atoms with E-state index in [1.807, 2.05) is 32.0 Å². The smallest absolute Gasteiger partial charge is 0.325 e. The first kappa shape index (κ1) is 24.9. The molecule has 0 atom stereocenters.